The molecule has 1 amide bonds. The molecule has 9 nitrogen and oxygen atoms in total. The lowest BCUT2D eigenvalue weighted by Crippen LogP contribution is -2.53. The number of hydrogen-bond donors (Lipinski definition) is 3. The lowest BCUT2D eigenvalue weighted by molar-refractivity contribution is -0.384. The standard InChI is InChI=1S/C18H21FN6O3/c1-21-15-8-7-14(25(27)28)16(23-15)22-12-3-5-13(6-4-12)24-10-2-9-18(19,11-24)17(20)26/h3-8H,2,9-11H2,1H3,(H2,20,26)(H2,21,22,23). The Morgan fingerprint density at radius 3 is 2.64 bits per heavy atom. The van der Waals surface area contributed by atoms with E-state index < -0.39 is 16.5 Å². The normalized spacial score (nSPS) is 19.1. The van der Waals surface area contributed by atoms with Crippen LogP contribution in [0.2, 0.25) is 0 Å². The number of hydrogen-bond acceptors (Lipinski definition) is 7. The van der Waals surface area contributed by atoms with Crippen molar-refractivity contribution in [3.8, 4) is 0 Å². The summed E-state index contributed by atoms with van der Waals surface area (Å²) >= 11 is 0. The largest absolute Gasteiger partial charge is 0.373 e. The average molecular weight is 388 g/mol. The molecule has 2 aromatic rings. The number of benzene rings is 1. The van der Waals surface area contributed by atoms with E-state index in [0.717, 1.165) is 5.69 Å². The van der Waals surface area contributed by atoms with Crippen LogP contribution in [0.1, 0.15) is 12.8 Å². The molecule has 0 spiro atoms. The minimum Gasteiger partial charge on any atom is -0.373 e. The van der Waals surface area contributed by atoms with Crippen molar-refractivity contribution in [1.29, 1.82) is 0 Å². The van der Waals surface area contributed by atoms with Gasteiger partial charge < -0.3 is 21.3 Å². The highest BCUT2D eigenvalue weighted by molar-refractivity contribution is 5.84. The second-order valence-electron chi connectivity index (χ2n) is 6.60. The molecule has 4 N–H and O–H groups in total. The number of halogens is 1. The molecule has 148 valence electrons. The van der Waals surface area contributed by atoms with Gasteiger partial charge in [0.15, 0.2) is 0 Å². The predicted molar refractivity (Wildman–Crippen MR) is 105 cm³/mol. The zero-order valence-corrected chi connectivity index (χ0v) is 15.3. The van der Waals surface area contributed by atoms with Gasteiger partial charge in [0.1, 0.15) is 5.82 Å². The molecule has 10 heteroatoms. The number of carbonyl (C=O) groups excluding carboxylic acids is 1. The van der Waals surface area contributed by atoms with Crippen molar-refractivity contribution in [1.82, 2.24) is 4.98 Å². The highest BCUT2D eigenvalue weighted by Gasteiger charge is 2.41. The van der Waals surface area contributed by atoms with E-state index in [9.17, 15) is 19.3 Å². The fourth-order valence-electron chi connectivity index (χ4n) is 3.15. The Hall–Kier alpha value is -3.43. The van der Waals surface area contributed by atoms with Crippen LogP contribution in [0, 0.1) is 10.1 Å². The van der Waals surface area contributed by atoms with Crippen LogP contribution in [0.5, 0.6) is 0 Å². The second kappa shape index (κ2) is 7.67. The Labute approximate surface area is 160 Å². The third-order valence-electron chi connectivity index (χ3n) is 4.71. The molecule has 1 aromatic carbocycles. The summed E-state index contributed by atoms with van der Waals surface area (Å²) in [6.07, 6.45) is 0.641. The Morgan fingerprint density at radius 1 is 1.32 bits per heavy atom. The predicted octanol–water partition coefficient (Wildman–Crippen LogP) is 2.57. The zero-order valence-electron chi connectivity index (χ0n) is 15.3. The monoisotopic (exact) mass is 388 g/mol. The zero-order chi connectivity index (χ0) is 20.3. The lowest BCUT2D eigenvalue weighted by Gasteiger charge is -2.36. The summed E-state index contributed by atoms with van der Waals surface area (Å²) in [7, 11) is 1.67. The number of alkyl halides is 1. The van der Waals surface area contributed by atoms with Crippen molar-refractivity contribution >= 4 is 34.6 Å². The molecule has 0 radical (unpaired) electrons. The SMILES string of the molecule is CNc1ccc([N+](=O)[O-])c(Nc2ccc(N3CCCC(F)(C(N)=O)C3)cc2)n1. The smallest absolute Gasteiger partial charge is 0.311 e. The molecule has 1 aromatic heterocycles. The van der Waals surface area contributed by atoms with Gasteiger partial charge in [-0.15, -0.1) is 0 Å². The van der Waals surface area contributed by atoms with Crippen LogP contribution in [0.25, 0.3) is 0 Å². The molecule has 0 bridgehead atoms. The quantitative estimate of drug-likeness (QED) is 0.513. The van der Waals surface area contributed by atoms with Crippen molar-refractivity contribution in [3.63, 3.8) is 0 Å². The number of nitrogens with one attached hydrogen (secondary N) is 2. The fraction of sp³-hybridized carbons (Fsp3) is 0.333. The first-order chi connectivity index (χ1) is 13.3. The van der Waals surface area contributed by atoms with E-state index in [1.807, 2.05) is 0 Å². The third-order valence-corrected chi connectivity index (χ3v) is 4.71. The van der Waals surface area contributed by atoms with Gasteiger partial charge in [-0.05, 0) is 43.2 Å². The first-order valence-electron chi connectivity index (χ1n) is 8.76. The molecule has 1 atom stereocenters. The molecule has 1 aliphatic rings. The van der Waals surface area contributed by atoms with Crippen LogP contribution in [-0.2, 0) is 4.79 Å². The number of aromatic nitrogens is 1. The van der Waals surface area contributed by atoms with Crippen LogP contribution in [0.15, 0.2) is 36.4 Å². The number of piperidine rings is 1. The van der Waals surface area contributed by atoms with Crippen LogP contribution in [0.3, 0.4) is 0 Å². The minimum absolute atomic E-state index is 0.0909. The van der Waals surface area contributed by atoms with Crippen molar-refractivity contribution in [2.24, 2.45) is 5.73 Å². The number of pyridine rings is 1. The molecule has 1 unspecified atom stereocenters. The highest BCUT2D eigenvalue weighted by Crippen LogP contribution is 2.31. The van der Waals surface area contributed by atoms with Gasteiger partial charge in [0, 0.05) is 31.0 Å². The van der Waals surface area contributed by atoms with Gasteiger partial charge in [-0.2, -0.15) is 0 Å². The number of primary amides is 1. The van der Waals surface area contributed by atoms with Crippen LogP contribution >= 0.6 is 0 Å². The van der Waals surface area contributed by atoms with Gasteiger partial charge in [-0.1, -0.05) is 0 Å². The number of anilines is 4. The summed E-state index contributed by atoms with van der Waals surface area (Å²) in [6, 6.07) is 9.82. The molecule has 3 rings (SSSR count). The molecule has 2 heterocycles. The van der Waals surface area contributed by atoms with E-state index in [1.54, 1.807) is 36.2 Å². The maximum Gasteiger partial charge on any atom is 0.311 e. The van der Waals surface area contributed by atoms with E-state index in [4.69, 9.17) is 5.73 Å². The topological polar surface area (TPSA) is 126 Å². The highest BCUT2D eigenvalue weighted by atomic mass is 19.1. The number of nitrogens with zero attached hydrogens (tertiary/aromatic N) is 3. The van der Waals surface area contributed by atoms with Crippen molar-refractivity contribution in [3.05, 3.63) is 46.5 Å². The Kier molecular flexibility index (Phi) is 5.30. The molecule has 0 saturated carbocycles. The first-order valence-corrected chi connectivity index (χ1v) is 8.76. The van der Waals surface area contributed by atoms with E-state index in [-0.39, 0.29) is 24.5 Å². The third kappa shape index (κ3) is 3.95. The second-order valence-corrected chi connectivity index (χ2v) is 6.60. The number of carbonyl (C=O) groups is 1. The van der Waals surface area contributed by atoms with E-state index >= 15 is 0 Å². The van der Waals surface area contributed by atoms with Gasteiger partial charge in [0.2, 0.25) is 11.5 Å². The molecule has 1 aliphatic heterocycles. The Bertz CT molecular complexity index is 891. The summed E-state index contributed by atoms with van der Waals surface area (Å²) in [5.41, 5.74) is 4.34. The number of amides is 1. The van der Waals surface area contributed by atoms with Crippen LogP contribution in [-0.4, -0.2) is 41.6 Å². The first kappa shape index (κ1) is 19.3. The van der Waals surface area contributed by atoms with Crippen LogP contribution in [0.4, 0.5) is 33.1 Å². The van der Waals surface area contributed by atoms with Crippen molar-refractivity contribution in [2.75, 3.05) is 35.7 Å². The Morgan fingerprint density at radius 2 is 2.04 bits per heavy atom. The molecule has 1 saturated heterocycles. The molecule has 1 fully saturated rings. The molecular weight excluding hydrogens is 367 g/mol. The average Bonchev–Trinajstić information content (AvgIpc) is 2.68. The van der Waals surface area contributed by atoms with E-state index in [1.165, 1.54) is 12.1 Å². The lowest BCUT2D eigenvalue weighted by atomic mass is 9.93. The Balaban J connectivity index is 1.79. The van der Waals surface area contributed by atoms with Gasteiger partial charge in [0.05, 0.1) is 11.5 Å². The van der Waals surface area contributed by atoms with E-state index in [2.05, 4.69) is 15.6 Å². The number of nitro groups is 1. The van der Waals surface area contributed by atoms with Crippen LogP contribution < -0.4 is 21.3 Å². The fourth-order valence-corrected chi connectivity index (χ4v) is 3.15. The maximum atomic E-state index is 14.6. The molecular formula is C18H21FN6O3. The number of nitrogens with two attached hydrogens (primary N) is 1. The van der Waals surface area contributed by atoms with Gasteiger partial charge in [-0.25, -0.2) is 9.37 Å². The summed E-state index contributed by atoms with van der Waals surface area (Å²) in [6.45, 7) is 0.523. The summed E-state index contributed by atoms with van der Waals surface area (Å²) in [5, 5.41) is 17.0. The summed E-state index contributed by atoms with van der Waals surface area (Å²) < 4.78 is 14.6. The van der Waals surface area contributed by atoms with E-state index in [0.29, 0.717) is 24.5 Å². The number of rotatable bonds is 6. The summed E-state index contributed by atoms with van der Waals surface area (Å²) in [5.74, 6) is -0.346. The summed E-state index contributed by atoms with van der Waals surface area (Å²) in [4.78, 5) is 28.0. The molecule has 0 aliphatic carbocycles. The minimum atomic E-state index is -2.03. The maximum absolute atomic E-state index is 14.6. The van der Waals surface area contributed by atoms with Gasteiger partial charge >= 0.3 is 5.69 Å². The molecule has 28 heavy (non-hydrogen) atoms. The van der Waals surface area contributed by atoms with Gasteiger partial charge in [0.25, 0.3) is 5.91 Å². The van der Waals surface area contributed by atoms with Gasteiger partial charge in [-0.3, -0.25) is 14.9 Å². The van der Waals surface area contributed by atoms with Crippen molar-refractivity contribution in [2.45, 2.75) is 18.5 Å². The van der Waals surface area contributed by atoms with Crippen molar-refractivity contribution < 1.29 is 14.1 Å².